The van der Waals surface area contributed by atoms with Gasteiger partial charge in [0, 0.05) is 31.5 Å². The maximum atomic E-state index is 12.3. The van der Waals surface area contributed by atoms with Crippen LogP contribution in [0, 0.1) is 11.8 Å². The highest BCUT2D eigenvalue weighted by Gasteiger charge is 2.45. The lowest BCUT2D eigenvalue weighted by Gasteiger charge is -2.21. The summed E-state index contributed by atoms with van der Waals surface area (Å²) in [5.41, 5.74) is 0. The summed E-state index contributed by atoms with van der Waals surface area (Å²) in [6, 6.07) is 1.83. The summed E-state index contributed by atoms with van der Waals surface area (Å²) in [4.78, 5) is 28.2. The summed E-state index contributed by atoms with van der Waals surface area (Å²) in [5.74, 6) is 2.05. The minimum atomic E-state index is 0.0731. The Morgan fingerprint density at radius 2 is 2.33 bits per heavy atom. The van der Waals surface area contributed by atoms with Gasteiger partial charge in [-0.2, -0.15) is 0 Å². The van der Waals surface area contributed by atoms with Gasteiger partial charge in [-0.3, -0.25) is 9.63 Å². The predicted octanol–water partition coefficient (Wildman–Crippen LogP) is 0.490. The number of amides is 1. The van der Waals surface area contributed by atoms with Crippen molar-refractivity contribution in [2.75, 3.05) is 44.9 Å². The van der Waals surface area contributed by atoms with Gasteiger partial charge in [-0.15, -0.1) is 0 Å². The first-order valence-electron chi connectivity index (χ1n) is 8.40. The molecular formula is C16H22N4O4. The highest BCUT2D eigenvalue weighted by Crippen LogP contribution is 2.37. The van der Waals surface area contributed by atoms with E-state index in [9.17, 15) is 4.79 Å². The van der Waals surface area contributed by atoms with E-state index in [0.29, 0.717) is 38.0 Å². The van der Waals surface area contributed by atoms with Crippen molar-refractivity contribution in [1.82, 2.24) is 15.0 Å². The zero-order valence-electron chi connectivity index (χ0n) is 13.8. The van der Waals surface area contributed by atoms with Crippen LogP contribution < -0.4 is 9.64 Å². The lowest BCUT2D eigenvalue weighted by molar-refractivity contribution is -0.170. The molecule has 0 aliphatic carbocycles. The molecule has 0 bridgehead atoms. The first kappa shape index (κ1) is 15.6. The summed E-state index contributed by atoms with van der Waals surface area (Å²) in [5, 5.41) is 1.51. The van der Waals surface area contributed by atoms with E-state index in [-0.39, 0.29) is 17.9 Å². The molecule has 3 aliphatic rings. The molecule has 1 aromatic rings. The molecule has 0 saturated carbocycles. The van der Waals surface area contributed by atoms with Crippen LogP contribution in [0.2, 0.25) is 0 Å². The largest absolute Gasteiger partial charge is 0.481 e. The molecule has 8 heteroatoms. The number of carbonyl (C=O) groups excluding carboxylic acids is 1. The Kier molecular flexibility index (Phi) is 4.24. The van der Waals surface area contributed by atoms with Crippen LogP contribution in [0.1, 0.15) is 12.8 Å². The van der Waals surface area contributed by atoms with Gasteiger partial charge in [0.15, 0.2) is 0 Å². The lowest BCUT2D eigenvalue weighted by Crippen LogP contribution is -2.31. The number of nitrogens with zero attached hydrogens (tertiary/aromatic N) is 4. The molecular weight excluding hydrogens is 312 g/mol. The van der Waals surface area contributed by atoms with Crippen molar-refractivity contribution in [1.29, 1.82) is 0 Å². The Balaban J connectivity index is 1.40. The number of carbonyl (C=O) groups is 1. The van der Waals surface area contributed by atoms with Crippen LogP contribution in [0.5, 0.6) is 5.88 Å². The fourth-order valence-electron chi connectivity index (χ4n) is 3.78. The van der Waals surface area contributed by atoms with Gasteiger partial charge < -0.3 is 14.4 Å². The van der Waals surface area contributed by atoms with Crippen molar-refractivity contribution in [3.8, 4) is 5.88 Å². The molecule has 0 N–H and O–H groups in total. The Bertz CT molecular complexity index is 607. The number of fused-ring (bicyclic) bond motifs is 1. The number of ether oxygens (including phenoxy) is 2. The molecule has 130 valence electrons. The highest BCUT2D eigenvalue weighted by molar-refractivity contribution is 5.75. The quantitative estimate of drug-likeness (QED) is 0.793. The molecule has 0 spiro atoms. The Morgan fingerprint density at radius 3 is 3.12 bits per heavy atom. The molecule has 3 atom stereocenters. The first-order chi connectivity index (χ1) is 11.7. The maximum absolute atomic E-state index is 12.3. The Morgan fingerprint density at radius 1 is 1.42 bits per heavy atom. The van der Waals surface area contributed by atoms with Crippen molar-refractivity contribution in [3.05, 3.63) is 12.4 Å². The van der Waals surface area contributed by atoms with E-state index in [2.05, 4.69) is 14.9 Å². The zero-order valence-corrected chi connectivity index (χ0v) is 13.8. The number of hydrogen-bond donors (Lipinski definition) is 0. The minimum Gasteiger partial charge on any atom is -0.481 e. The number of aromatic nitrogens is 2. The van der Waals surface area contributed by atoms with Crippen molar-refractivity contribution in [2.24, 2.45) is 11.8 Å². The van der Waals surface area contributed by atoms with Crippen molar-refractivity contribution >= 4 is 11.7 Å². The number of methoxy groups -OCH3 is 1. The third-order valence-electron chi connectivity index (χ3n) is 5.07. The average Bonchev–Trinajstić information content (AvgIpc) is 3.33. The first-order valence-corrected chi connectivity index (χ1v) is 8.40. The van der Waals surface area contributed by atoms with E-state index < -0.39 is 0 Å². The molecule has 0 aromatic carbocycles. The standard InChI is InChI=1S/C16H22N4O4/c1-22-15-6-14(17-10-18-15)19-7-12-11(9-23-13(12)8-19)5-16(21)20-3-2-4-24-20/h6,10-13H,2-5,7-9H2,1H3/t11-,12+,13+/m1/s1. The van der Waals surface area contributed by atoms with Gasteiger partial charge in [0.2, 0.25) is 11.8 Å². The van der Waals surface area contributed by atoms with Gasteiger partial charge in [-0.1, -0.05) is 0 Å². The number of anilines is 1. The fraction of sp³-hybridized carbons (Fsp3) is 0.688. The molecule has 4 rings (SSSR count). The topological polar surface area (TPSA) is 77.0 Å². The molecule has 8 nitrogen and oxygen atoms in total. The summed E-state index contributed by atoms with van der Waals surface area (Å²) >= 11 is 0. The lowest BCUT2D eigenvalue weighted by atomic mass is 9.90. The van der Waals surface area contributed by atoms with Crippen molar-refractivity contribution in [2.45, 2.75) is 18.9 Å². The van der Waals surface area contributed by atoms with E-state index in [1.165, 1.54) is 11.4 Å². The number of hydroxylamine groups is 2. The third kappa shape index (κ3) is 2.91. The molecule has 3 saturated heterocycles. The molecule has 3 fully saturated rings. The predicted molar refractivity (Wildman–Crippen MR) is 84.4 cm³/mol. The van der Waals surface area contributed by atoms with Gasteiger partial charge >= 0.3 is 0 Å². The molecule has 24 heavy (non-hydrogen) atoms. The van der Waals surface area contributed by atoms with Crippen LogP contribution in [0.25, 0.3) is 0 Å². The van der Waals surface area contributed by atoms with Crippen LogP contribution in [0.15, 0.2) is 12.4 Å². The van der Waals surface area contributed by atoms with E-state index in [4.69, 9.17) is 14.3 Å². The smallest absolute Gasteiger partial charge is 0.246 e. The Labute approximate surface area is 140 Å². The summed E-state index contributed by atoms with van der Waals surface area (Å²) in [6.07, 6.45) is 3.07. The zero-order chi connectivity index (χ0) is 16.5. The number of rotatable bonds is 4. The van der Waals surface area contributed by atoms with Gasteiger partial charge in [0.25, 0.3) is 0 Å². The minimum absolute atomic E-state index is 0.0731. The van der Waals surface area contributed by atoms with E-state index >= 15 is 0 Å². The SMILES string of the molecule is COc1cc(N2C[C@H]3[C@H](CC(=O)N4CCCO4)CO[C@H]3C2)ncn1. The van der Waals surface area contributed by atoms with Crippen molar-refractivity contribution in [3.63, 3.8) is 0 Å². The van der Waals surface area contributed by atoms with Gasteiger partial charge in [0.05, 0.1) is 33.0 Å². The van der Waals surface area contributed by atoms with Crippen LogP contribution in [-0.4, -0.2) is 67.0 Å². The normalized spacial score (nSPS) is 29.1. The highest BCUT2D eigenvalue weighted by atomic mass is 16.7. The summed E-state index contributed by atoms with van der Waals surface area (Å²) in [6.45, 7) is 3.62. The number of hydrogen-bond acceptors (Lipinski definition) is 7. The Hall–Kier alpha value is -1.93. The average molecular weight is 334 g/mol. The van der Waals surface area contributed by atoms with Crippen LogP contribution in [-0.2, 0) is 14.4 Å². The van der Waals surface area contributed by atoms with Crippen LogP contribution in [0.3, 0.4) is 0 Å². The third-order valence-corrected chi connectivity index (χ3v) is 5.07. The molecule has 3 aliphatic heterocycles. The van der Waals surface area contributed by atoms with Gasteiger partial charge in [0.1, 0.15) is 12.1 Å². The summed E-state index contributed by atoms with van der Waals surface area (Å²) < 4.78 is 11.1. The molecule has 1 amide bonds. The van der Waals surface area contributed by atoms with Crippen LogP contribution >= 0.6 is 0 Å². The van der Waals surface area contributed by atoms with Gasteiger partial charge in [-0.25, -0.2) is 15.0 Å². The van der Waals surface area contributed by atoms with E-state index in [1.807, 2.05) is 6.07 Å². The second kappa shape index (κ2) is 6.52. The molecule has 0 radical (unpaired) electrons. The second-order valence-electron chi connectivity index (χ2n) is 6.51. The molecule has 0 unspecified atom stereocenters. The fourth-order valence-corrected chi connectivity index (χ4v) is 3.78. The van der Waals surface area contributed by atoms with Gasteiger partial charge in [-0.05, 0) is 12.3 Å². The maximum Gasteiger partial charge on any atom is 0.246 e. The summed E-state index contributed by atoms with van der Waals surface area (Å²) in [7, 11) is 1.59. The van der Waals surface area contributed by atoms with Crippen LogP contribution in [0.4, 0.5) is 5.82 Å². The second-order valence-corrected chi connectivity index (χ2v) is 6.51. The van der Waals surface area contributed by atoms with E-state index in [1.54, 1.807) is 7.11 Å². The molecule has 4 heterocycles. The monoisotopic (exact) mass is 334 g/mol. The van der Waals surface area contributed by atoms with E-state index in [0.717, 1.165) is 25.3 Å². The molecule has 1 aromatic heterocycles. The van der Waals surface area contributed by atoms with Crippen molar-refractivity contribution < 1.29 is 19.1 Å².